The topological polar surface area (TPSA) is 98.3 Å². The molecule has 0 aliphatic rings. The fraction of sp³-hybridized carbons (Fsp3) is 0.250. The molecule has 0 radical (unpaired) electrons. The van der Waals surface area contributed by atoms with E-state index in [1.54, 1.807) is 0 Å². The van der Waals surface area contributed by atoms with E-state index in [2.05, 4.69) is 32.6 Å². The van der Waals surface area contributed by atoms with Crippen molar-refractivity contribution in [3.05, 3.63) is 5.01 Å². The van der Waals surface area contributed by atoms with Crippen molar-refractivity contribution in [2.75, 3.05) is 0 Å². The van der Waals surface area contributed by atoms with Crippen LogP contribution in [0.3, 0.4) is 0 Å². The van der Waals surface area contributed by atoms with Gasteiger partial charge in [-0.05, 0) is 12.2 Å². The minimum Gasteiger partial charge on any atom is -0.225 e. The third-order valence-electron chi connectivity index (χ3n) is 0.971. The Kier molecular flexibility index (Phi) is 3.17. The molecule has 1 aromatic rings. The van der Waals surface area contributed by atoms with Gasteiger partial charge in [0.2, 0.25) is 4.34 Å². The second-order valence-electron chi connectivity index (χ2n) is 1.91. The van der Waals surface area contributed by atoms with E-state index in [1.807, 2.05) is 0 Å². The number of thiocarbonyl (C=S) groups is 1. The van der Waals surface area contributed by atoms with E-state index >= 15 is 0 Å². The highest BCUT2D eigenvalue weighted by Crippen LogP contribution is 2.13. The van der Waals surface area contributed by atoms with Gasteiger partial charge in [0.05, 0.1) is 5.16 Å². The molecule has 70 valence electrons. The molecule has 2 N–H and O–H groups in total. The smallest absolute Gasteiger partial charge is 0.225 e. The number of hydrogen-bond acceptors (Lipinski definition) is 7. The fourth-order valence-corrected chi connectivity index (χ4v) is 1.98. The van der Waals surface area contributed by atoms with Gasteiger partial charge in [-0.1, -0.05) is 11.3 Å². The average molecular weight is 236 g/mol. The highest BCUT2D eigenvalue weighted by Gasteiger charge is 2.14. The zero-order chi connectivity index (χ0) is 9.90. The van der Waals surface area contributed by atoms with Crippen LogP contribution in [0, 0.1) is 0 Å². The Balaban J connectivity index is 2.93. The van der Waals surface area contributed by atoms with Crippen molar-refractivity contribution in [1.29, 1.82) is 0 Å². The maximum absolute atomic E-state index is 10.7. The first-order valence-electron chi connectivity index (χ1n) is 2.93. The van der Waals surface area contributed by atoms with E-state index in [-0.39, 0.29) is 10.9 Å². The number of aliphatic imine (C=N–C) groups is 1. The average Bonchev–Trinajstić information content (AvgIpc) is 2.47. The number of isothiocyanates is 1. The van der Waals surface area contributed by atoms with E-state index in [4.69, 9.17) is 5.14 Å². The molecule has 1 heterocycles. The predicted octanol–water partition coefficient (Wildman–Crippen LogP) is -0.212. The van der Waals surface area contributed by atoms with Crippen molar-refractivity contribution in [3.8, 4) is 0 Å². The van der Waals surface area contributed by atoms with Crippen LogP contribution >= 0.6 is 23.6 Å². The van der Waals surface area contributed by atoms with Gasteiger partial charge >= 0.3 is 0 Å². The summed E-state index contributed by atoms with van der Waals surface area (Å²) in [5.41, 5.74) is 0. The third-order valence-corrected chi connectivity index (χ3v) is 3.32. The van der Waals surface area contributed by atoms with E-state index < -0.39 is 10.0 Å². The minimum atomic E-state index is -3.75. The molecule has 0 bridgehead atoms. The molecule has 9 heteroatoms. The first kappa shape index (κ1) is 10.4. The number of nitrogens with zero attached hydrogens (tertiary/aromatic N) is 3. The van der Waals surface area contributed by atoms with Gasteiger partial charge in [0.1, 0.15) is 11.6 Å². The highest BCUT2D eigenvalue weighted by molar-refractivity contribution is 7.91. The molecular formula is C4H4N4O2S3. The summed E-state index contributed by atoms with van der Waals surface area (Å²) in [6.07, 6.45) is 0. The van der Waals surface area contributed by atoms with Crippen molar-refractivity contribution in [3.63, 3.8) is 0 Å². The zero-order valence-electron chi connectivity index (χ0n) is 6.17. The molecule has 0 aromatic carbocycles. The van der Waals surface area contributed by atoms with Crippen molar-refractivity contribution >= 4 is 38.7 Å². The standard InChI is InChI=1S/C4H4N4O2S3/c5-13(9,10)4-8-7-3(12-4)1-6-2-11/h1H2,(H2,5,9,10). The summed E-state index contributed by atoms with van der Waals surface area (Å²) in [6, 6.07) is 0. The van der Waals surface area contributed by atoms with Gasteiger partial charge in [0.15, 0.2) is 0 Å². The van der Waals surface area contributed by atoms with Crippen LogP contribution in [0.1, 0.15) is 5.01 Å². The van der Waals surface area contributed by atoms with Gasteiger partial charge in [-0.25, -0.2) is 18.5 Å². The molecule has 0 amide bonds. The van der Waals surface area contributed by atoms with E-state index in [0.29, 0.717) is 5.01 Å². The number of primary sulfonamides is 1. The molecule has 1 rings (SSSR count). The largest absolute Gasteiger partial charge is 0.267 e. The number of rotatable bonds is 3. The van der Waals surface area contributed by atoms with Crippen LogP contribution in [0.25, 0.3) is 0 Å². The second-order valence-corrected chi connectivity index (χ2v) is 4.89. The van der Waals surface area contributed by atoms with Crippen LogP contribution in [0.2, 0.25) is 0 Å². The molecule has 13 heavy (non-hydrogen) atoms. The zero-order valence-corrected chi connectivity index (χ0v) is 8.62. The highest BCUT2D eigenvalue weighted by atomic mass is 32.2. The third kappa shape index (κ3) is 2.90. The maximum atomic E-state index is 10.7. The predicted molar refractivity (Wildman–Crippen MR) is 50.0 cm³/mol. The van der Waals surface area contributed by atoms with Crippen LogP contribution in [-0.4, -0.2) is 23.8 Å². The summed E-state index contributed by atoms with van der Waals surface area (Å²) in [7, 11) is -3.75. The molecule has 1 aromatic heterocycles. The van der Waals surface area contributed by atoms with E-state index in [9.17, 15) is 8.42 Å². The van der Waals surface area contributed by atoms with E-state index in [0.717, 1.165) is 11.3 Å². The molecular weight excluding hydrogens is 232 g/mol. The normalized spacial score (nSPS) is 10.8. The van der Waals surface area contributed by atoms with Gasteiger partial charge in [-0.15, -0.1) is 10.2 Å². The van der Waals surface area contributed by atoms with Crippen LogP contribution in [0.15, 0.2) is 9.33 Å². The van der Waals surface area contributed by atoms with Crippen LogP contribution in [0.5, 0.6) is 0 Å². The summed E-state index contributed by atoms with van der Waals surface area (Å²) in [6.45, 7) is 0.177. The lowest BCUT2D eigenvalue weighted by Gasteiger charge is -1.84. The lowest BCUT2D eigenvalue weighted by atomic mass is 10.7. The molecule has 0 aliphatic carbocycles. The monoisotopic (exact) mass is 236 g/mol. The first-order chi connectivity index (χ1) is 6.04. The number of aromatic nitrogens is 2. The van der Waals surface area contributed by atoms with Crippen molar-refractivity contribution < 1.29 is 8.42 Å². The molecule has 0 spiro atoms. The van der Waals surface area contributed by atoms with Crippen LogP contribution in [0.4, 0.5) is 0 Å². The molecule has 0 unspecified atom stereocenters. The Labute approximate surface area is 83.6 Å². The van der Waals surface area contributed by atoms with Gasteiger partial charge in [0.25, 0.3) is 10.0 Å². The number of nitrogens with two attached hydrogens (primary N) is 1. The Hall–Kier alpha value is -0.730. The second kappa shape index (κ2) is 3.99. The Morgan fingerprint density at radius 2 is 2.31 bits per heavy atom. The molecule has 0 atom stereocenters. The number of sulfonamides is 1. The van der Waals surface area contributed by atoms with Crippen LogP contribution < -0.4 is 5.14 Å². The Morgan fingerprint density at radius 3 is 2.77 bits per heavy atom. The summed E-state index contributed by atoms with van der Waals surface area (Å²) in [5.74, 6) is 0. The van der Waals surface area contributed by atoms with Gasteiger partial charge in [0, 0.05) is 0 Å². The molecule has 0 saturated carbocycles. The molecule has 6 nitrogen and oxygen atoms in total. The number of hydrogen-bond donors (Lipinski definition) is 1. The first-order valence-corrected chi connectivity index (χ1v) is 5.70. The summed E-state index contributed by atoms with van der Waals surface area (Å²) >= 11 is 5.19. The molecule has 0 fully saturated rings. The van der Waals surface area contributed by atoms with Crippen molar-refractivity contribution in [2.45, 2.75) is 10.9 Å². The van der Waals surface area contributed by atoms with Gasteiger partial charge in [-0.3, -0.25) is 0 Å². The Bertz CT molecular complexity index is 444. The summed E-state index contributed by atoms with van der Waals surface area (Å²) in [5, 5.41) is 14.3. The lowest BCUT2D eigenvalue weighted by Crippen LogP contribution is -2.11. The van der Waals surface area contributed by atoms with Crippen molar-refractivity contribution in [2.24, 2.45) is 10.1 Å². The van der Waals surface area contributed by atoms with Crippen LogP contribution in [-0.2, 0) is 16.6 Å². The molecule has 0 aliphatic heterocycles. The lowest BCUT2D eigenvalue weighted by molar-refractivity contribution is 0.595. The minimum absolute atomic E-state index is 0.177. The summed E-state index contributed by atoms with van der Waals surface area (Å²) < 4.78 is 21.3. The van der Waals surface area contributed by atoms with E-state index in [1.165, 1.54) is 0 Å². The molecule has 0 saturated heterocycles. The van der Waals surface area contributed by atoms with Gasteiger partial charge in [-0.2, -0.15) is 0 Å². The summed E-state index contributed by atoms with van der Waals surface area (Å²) in [4.78, 5) is 3.57. The SMILES string of the molecule is NS(=O)(=O)c1nnc(CN=C=S)s1. The Morgan fingerprint density at radius 1 is 1.62 bits per heavy atom. The van der Waals surface area contributed by atoms with Crippen molar-refractivity contribution in [1.82, 2.24) is 10.2 Å². The fourth-order valence-electron chi connectivity index (χ4n) is 0.517. The quantitative estimate of drug-likeness (QED) is 0.578. The maximum Gasteiger partial charge on any atom is 0.267 e. The van der Waals surface area contributed by atoms with Gasteiger partial charge < -0.3 is 0 Å².